The molecular weight excluding hydrogens is 128 g/mol. The summed E-state index contributed by atoms with van der Waals surface area (Å²) in [4.78, 5) is 0. The predicted molar refractivity (Wildman–Crippen MR) is 32.9 cm³/mol. The second kappa shape index (κ2) is 5.91. The maximum Gasteiger partial charge on any atom is 0.151 e. The van der Waals surface area contributed by atoms with E-state index in [0.29, 0.717) is 6.42 Å². The van der Waals surface area contributed by atoms with Gasteiger partial charge in [0.05, 0.1) is 0 Å². The minimum Gasteiger partial charge on any atom is -0.412 e. The number of halogens is 2. The van der Waals surface area contributed by atoms with Gasteiger partial charge in [0.15, 0.2) is 6.30 Å². The van der Waals surface area contributed by atoms with Crippen LogP contribution in [-0.2, 0) is 0 Å². The summed E-state index contributed by atoms with van der Waals surface area (Å²) >= 11 is 0. The highest BCUT2D eigenvalue weighted by atomic mass is 19.1. The lowest BCUT2D eigenvalue weighted by Gasteiger charge is -2.14. The molecule has 0 bridgehead atoms. The molecule has 1 aliphatic heterocycles. The Balaban J connectivity index is 0. The van der Waals surface area contributed by atoms with Gasteiger partial charge in [-0.2, -0.15) is 0 Å². The van der Waals surface area contributed by atoms with E-state index in [-0.39, 0.29) is 10.2 Å². The van der Waals surface area contributed by atoms with Gasteiger partial charge in [-0.3, -0.25) is 10.0 Å². The van der Waals surface area contributed by atoms with Crippen LogP contribution in [0.1, 0.15) is 19.3 Å². The van der Waals surface area contributed by atoms with Crippen LogP contribution in [0.2, 0.25) is 0 Å². The first kappa shape index (κ1) is 11.6. The lowest BCUT2D eigenvalue weighted by Crippen LogP contribution is -2.29. The van der Waals surface area contributed by atoms with Crippen molar-refractivity contribution in [2.45, 2.75) is 25.6 Å². The fraction of sp³-hybridized carbons (Fsp3) is 1.00. The number of hydrogen-bond donors (Lipinski definition) is 1. The average Bonchev–Trinajstić information content (AvgIpc) is 1.69. The first-order valence-electron chi connectivity index (χ1n) is 2.77. The van der Waals surface area contributed by atoms with Crippen LogP contribution in [0.5, 0.6) is 0 Å². The van der Waals surface area contributed by atoms with Gasteiger partial charge in [-0.15, -0.1) is 0 Å². The van der Waals surface area contributed by atoms with Crippen molar-refractivity contribution in [2.24, 2.45) is 0 Å². The molecule has 0 radical (unpaired) electrons. The second-order valence-corrected chi connectivity index (χ2v) is 1.92. The molecule has 0 aromatic heterocycles. The summed E-state index contributed by atoms with van der Waals surface area (Å²) in [5, 5.41) is 2.72. The summed E-state index contributed by atoms with van der Waals surface area (Å²) in [6.07, 6.45) is 2.18. The predicted octanol–water partition coefficient (Wildman–Crippen LogP) is 0.383. The zero-order valence-electron chi connectivity index (χ0n) is 5.19. The Morgan fingerprint density at radius 3 is 2.22 bits per heavy atom. The van der Waals surface area contributed by atoms with Crippen molar-refractivity contribution in [2.75, 3.05) is 6.54 Å². The number of rotatable bonds is 0. The van der Waals surface area contributed by atoms with Crippen LogP contribution >= 0.6 is 0 Å². The fourth-order valence-corrected chi connectivity index (χ4v) is 0.809. The molecule has 1 heterocycles. The molecule has 1 rings (SSSR count). The van der Waals surface area contributed by atoms with E-state index in [2.05, 4.69) is 5.32 Å². The van der Waals surface area contributed by atoms with Gasteiger partial charge in [0.2, 0.25) is 0 Å². The summed E-state index contributed by atoms with van der Waals surface area (Å²) in [7, 11) is 0. The quantitative estimate of drug-likeness (QED) is 0.487. The van der Waals surface area contributed by atoms with E-state index in [1.807, 2.05) is 0 Å². The van der Waals surface area contributed by atoms with Gasteiger partial charge in [-0.05, 0) is 25.8 Å². The number of alkyl halides is 1. The molecule has 58 valence electrons. The van der Waals surface area contributed by atoms with Crippen LogP contribution < -0.4 is 5.32 Å². The highest BCUT2D eigenvalue weighted by Crippen LogP contribution is 2.06. The molecule has 0 aromatic rings. The first-order valence-corrected chi connectivity index (χ1v) is 2.77. The van der Waals surface area contributed by atoms with E-state index in [1.54, 1.807) is 0 Å². The maximum atomic E-state index is 12.1. The van der Waals surface area contributed by atoms with Crippen molar-refractivity contribution in [1.29, 1.82) is 0 Å². The summed E-state index contributed by atoms with van der Waals surface area (Å²) in [5.41, 5.74) is 0. The smallest absolute Gasteiger partial charge is 0.151 e. The zero-order chi connectivity index (χ0) is 5.11. The second-order valence-electron chi connectivity index (χ2n) is 1.92. The molecule has 0 saturated carbocycles. The van der Waals surface area contributed by atoms with Crippen molar-refractivity contribution in [3.05, 3.63) is 0 Å². The highest BCUT2D eigenvalue weighted by molar-refractivity contribution is 4.60. The normalized spacial score (nSPS) is 25.7. The number of hydrogen-bond acceptors (Lipinski definition) is 1. The van der Waals surface area contributed by atoms with Crippen LogP contribution in [0.4, 0.5) is 9.09 Å². The Morgan fingerprint density at radius 1 is 1.33 bits per heavy atom. The molecule has 1 fully saturated rings. The monoisotopic (exact) mass is 141 g/mol. The molecule has 4 heteroatoms. The van der Waals surface area contributed by atoms with E-state index < -0.39 is 6.30 Å². The largest absolute Gasteiger partial charge is 0.412 e. The lowest BCUT2D eigenvalue weighted by atomic mass is 10.2. The molecule has 0 aromatic carbocycles. The average molecular weight is 141 g/mol. The molecule has 1 saturated heterocycles. The topological polar surface area (TPSA) is 43.5 Å². The Bertz CT molecular complexity index is 56.9. The van der Waals surface area contributed by atoms with Crippen molar-refractivity contribution in [3.63, 3.8) is 0 Å². The van der Waals surface area contributed by atoms with Crippen molar-refractivity contribution in [1.82, 2.24) is 5.32 Å². The highest BCUT2D eigenvalue weighted by Gasteiger charge is 2.08. The third-order valence-corrected chi connectivity index (χ3v) is 1.25. The molecule has 1 aliphatic rings. The van der Waals surface area contributed by atoms with Crippen molar-refractivity contribution >= 4 is 0 Å². The van der Waals surface area contributed by atoms with Crippen LogP contribution in [0, 0.1) is 0 Å². The molecule has 2 nitrogen and oxygen atoms in total. The van der Waals surface area contributed by atoms with Crippen LogP contribution in [0.3, 0.4) is 0 Å². The minimum absolute atomic E-state index is 0. The van der Waals surface area contributed by atoms with E-state index in [0.717, 1.165) is 19.4 Å². The molecule has 0 amide bonds. The summed E-state index contributed by atoms with van der Waals surface area (Å²) in [5.74, 6) is 0. The van der Waals surface area contributed by atoms with Gasteiger partial charge in [0.1, 0.15) is 0 Å². The molecule has 0 aliphatic carbocycles. The third kappa shape index (κ3) is 4.29. The van der Waals surface area contributed by atoms with Crippen LogP contribution in [0.25, 0.3) is 0 Å². The van der Waals surface area contributed by atoms with E-state index in [9.17, 15) is 4.39 Å². The minimum atomic E-state index is -0.714. The van der Waals surface area contributed by atoms with E-state index in [4.69, 9.17) is 0 Å². The Labute approximate surface area is 53.1 Å². The number of piperidine rings is 1. The Morgan fingerprint density at radius 2 is 2.00 bits per heavy atom. The maximum absolute atomic E-state index is 12.1. The van der Waals surface area contributed by atoms with Crippen molar-refractivity contribution in [3.8, 4) is 0 Å². The Kier molecular flexibility index (Phi) is 7.59. The van der Waals surface area contributed by atoms with Gasteiger partial charge in [-0.25, -0.2) is 4.39 Å². The standard InChI is InChI=1S/C5H10FN.FH.H2O/c6-5-3-1-2-4-7-5;;/h5,7H,1-4H2;1H;1H2. The summed E-state index contributed by atoms with van der Waals surface area (Å²) in [6, 6.07) is 0. The van der Waals surface area contributed by atoms with Gasteiger partial charge in [0.25, 0.3) is 0 Å². The molecule has 9 heavy (non-hydrogen) atoms. The first-order chi connectivity index (χ1) is 3.39. The van der Waals surface area contributed by atoms with Crippen molar-refractivity contribution < 1.29 is 14.6 Å². The van der Waals surface area contributed by atoms with Crippen LogP contribution in [-0.4, -0.2) is 18.3 Å². The van der Waals surface area contributed by atoms with Gasteiger partial charge < -0.3 is 5.48 Å². The molecular formula is C5H13F2NO. The third-order valence-electron chi connectivity index (χ3n) is 1.25. The molecule has 0 spiro atoms. The Hall–Kier alpha value is -0.220. The number of nitrogens with one attached hydrogen (secondary N) is 1. The molecule has 1 atom stereocenters. The molecule has 1 unspecified atom stereocenters. The summed E-state index contributed by atoms with van der Waals surface area (Å²) < 4.78 is 12.1. The van der Waals surface area contributed by atoms with Gasteiger partial charge in [0, 0.05) is 0 Å². The zero-order valence-corrected chi connectivity index (χ0v) is 5.19. The fourth-order valence-electron chi connectivity index (χ4n) is 0.809. The summed E-state index contributed by atoms with van der Waals surface area (Å²) in [6.45, 7) is 0.862. The lowest BCUT2D eigenvalue weighted by molar-refractivity contribution is 0.223. The molecule has 3 N–H and O–H groups in total. The van der Waals surface area contributed by atoms with E-state index in [1.165, 1.54) is 0 Å². The SMILES string of the molecule is F.FC1CCCCN1.O. The van der Waals surface area contributed by atoms with Gasteiger partial charge in [-0.1, -0.05) is 0 Å². The van der Waals surface area contributed by atoms with Gasteiger partial charge >= 0.3 is 0 Å². The van der Waals surface area contributed by atoms with E-state index >= 15 is 0 Å². The van der Waals surface area contributed by atoms with Crippen LogP contribution in [0.15, 0.2) is 0 Å².